The van der Waals surface area contributed by atoms with Crippen LogP contribution in [0.5, 0.6) is 0 Å². The number of rotatable bonds is 6. The Hall–Kier alpha value is -1.65. The Morgan fingerprint density at radius 3 is 2.68 bits per heavy atom. The van der Waals surface area contributed by atoms with E-state index in [1.807, 2.05) is 47.4 Å². The van der Waals surface area contributed by atoms with Crippen LogP contribution in [-0.4, -0.2) is 27.5 Å². The Labute approximate surface area is 113 Å². The number of para-hydroxylation sites is 1. The zero-order valence-electron chi connectivity index (χ0n) is 11.2. The molecule has 3 N–H and O–H groups in total. The summed E-state index contributed by atoms with van der Waals surface area (Å²) in [5.74, 6) is 0.160. The Kier molecular flexibility index (Phi) is 4.71. The van der Waals surface area contributed by atoms with Gasteiger partial charge in [0.1, 0.15) is 0 Å². The third kappa shape index (κ3) is 3.22. The third-order valence-corrected chi connectivity index (χ3v) is 3.48. The summed E-state index contributed by atoms with van der Waals surface area (Å²) in [6.07, 6.45) is 5.42. The molecule has 1 aromatic carbocycles. The molecule has 0 amide bonds. The molecule has 2 aromatic rings. The van der Waals surface area contributed by atoms with Crippen LogP contribution in [0.3, 0.4) is 0 Å². The zero-order chi connectivity index (χ0) is 13.7. The highest BCUT2D eigenvalue weighted by Gasteiger charge is 2.19. The first-order chi connectivity index (χ1) is 9.26. The number of nitrogens with zero attached hydrogens (tertiary/aromatic N) is 2. The van der Waals surface area contributed by atoms with Crippen molar-refractivity contribution in [3.63, 3.8) is 0 Å². The van der Waals surface area contributed by atoms with E-state index in [0.29, 0.717) is 6.42 Å². The van der Waals surface area contributed by atoms with Crippen LogP contribution in [0.2, 0.25) is 0 Å². The molecule has 2 atom stereocenters. The van der Waals surface area contributed by atoms with E-state index >= 15 is 0 Å². The normalized spacial score (nSPS) is 14.3. The molecule has 0 aliphatic heterocycles. The van der Waals surface area contributed by atoms with Crippen LogP contribution >= 0.6 is 0 Å². The van der Waals surface area contributed by atoms with Crippen LogP contribution in [0.15, 0.2) is 42.7 Å². The van der Waals surface area contributed by atoms with E-state index < -0.39 is 0 Å². The number of hydrogen-bond acceptors (Lipinski definition) is 3. The van der Waals surface area contributed by atoms with E-state index in [0.717, 1.165) is 17.7 Å². The molecule has 19 heavy (non-hydrogen) atoms. The minimum atomic E-state index is 0.0561. The van der Waals surface area contributed by atoms with Crippen molar-refractivity contribution in [2.24, 2.45) is 5.73 Å². The molecule has 1 heterocycles. The highest BCUT2D eigenvalue weighted by Crippen LogP contribution is 2.24. The highest BCUT2D eigenvalue weighted by atomic mass is 16.3. The zero-order valence-corrected chi connectivity index (χ0v) is 11.2. The van der Waals surface area contributed by atoms with Crippen molar-refractivity contribution < 1.29 is 5.11 Å². The first-order valence-corrected chi connectivity index (χ1v) is 6.72. The fourth-order valence-corrected chi connectivity index (χ4v) is 2.30. The van der Waals surface area contributed by atoms with Crippen molar-refractivity contribution in [2.45, 2.75) is 31.7 Å². The minimum Gasteiger partial charge on any atom is -0.396 e. The predicted octanol–water partition coefficient (Wildman–Crippen LogP) is 2.08. The summed E-state index contributed by atoms with van der Waals surface area (Å²) >= 11 is 0. The SMILES string of the molecule is CCC(N)C(CCO)c1cnn(-c2ccccc2)c1. The van der Waals surface area contributed by atoms with Crippen LogP contribution in [0.4, 0.5) is 0 Å². The van der Waals surface area contributed by atoms with Crippen LogP contribution in [0, 0.1) is 0 Å². The van der Waals surface area contributed by atoms with Crippen LogP contribution in [-0.2, 0) is 0 Å². The maximum atomic E-state index is 9.18. The van der Waals surface area contributed by atoms with Gasteiger partial charge in [0.2, 0.25) is 0 Å². The fourth-order valence-electron chi connectivity index (χ4n) is 2.30. The molecule has 0 aliphatic rings. The quantitative estimate of drug-likeness (QED) is 0.834. The Morgan fingerprint density at radius 1 is 1.32 bits per heavy atom. The van der Waals surface area contributed by atoms with Gasteiger partial charge in [0, 0.05) is 24.8 Å². The fraction of sp³-hybridized carbons (Fsp3) is 0.400. The maximum absolute atomic E-state index is 9.18. The number of nitrogens with two attached hydrogens (primary N) is 1. The van der Waals surface area contributed by atoms with Gasteiger partial charge in [0.25, 0.3) is 0 Å². The number of aliphatic hydroxyl groups is 1. The van der Waals surface area contributed by atoms with Gasteiger partial charge in [-0.25, -0.2) is 4.68 Å². The summed E-state index contributed by atoms with van der Waals surface area (Å²) in [6.45, 7) is 2.21. The summed E-state index contributed by atoms with van der Waals surface area (Å²) in [7, 11) is 0. The number of aromatic nitrogens is 2. The van der Waals surface area contributed by atoms with E-state index in [1.165, 1.54) is 0 Å². The Morgan fingerprint density at radius 2 is 2.05 bits per heavy atom. The van der Waals surface area contributed by atoms with Crippen LogP contribution < -0.4 is 5.73 Å². The summed E-state index contributed by atoms with van der Waals surface area (Å²) in [5, 5.41) is 13.6. The van der Waals surface area contributed by atoms with Crippen molar-refractivity contribution in [1.82, 2.24) is 9.78 Å². The van der Waals surface area contributed by atoms with Gasteiger partial charge in [0.15, 0.2) is 0 Å². The molecule has 4 nitrogen and oxygen atoms in total. The van der Waals surface area contributed by atoms with Crippen molar-refractivity contribution in [3.8, 4) is 5.69 Å². The van der Waals surface area contributed by atoms with Gasteiger partial charge in [-0.2, -0.15) is 5.10 Å². The second kappa shape index (κ2) is 6.50. The largest absolute Gasteiger partial charge is 0.396 e. The molecular weight excluding hydrogens is 238 g/mol. The molecule has 0 spiro atoms. The summed E-state index contributed by atoms with van der Waals surface area (Å²) in [6, 6.07) is 10.0. The lowest BCUT2D eigenvalue weighted by Crippen LogP contribution is -2.28. The molecule has 1 aromatic heterocycles. The van der Waals surface area contributed by atoms with E-state index in [9.17, 15) is 5.11 Å². The van der Waals surface area contributed by atoms with Gasteiger partial charge in [-0.05, 0) is 30.5 Å². The molecule has 2 rings (SSSR count). The molecule has 0 aliphatic carbocycles. The molecule has 0 saturated carbocycles. The Bertz CT molecular complexity index is 495. The molecule has 4 heteroatoms. The lowest BCUT2D eigenvalue weighted by Gasteiger charge is -2.20. The van der Waals surface area contributed by atoms with Crippen LogP contribution in [0.25, 0.3) is 5.69 Å². The average Bonchev–Trinajstić information content (AvgIpc) is 2.94. The van der Waals surface area contributed by atoms with E-state index in [1.54, 1.807) is 0 Å². The summed E-state index contributed by atoms with van der Waals surface area (Å²) < 4.78 is 1.85. The van der Waals surface area contributed by atoms with Gasteiger partial charge < -0.3 is 10.8 Å². The topological polar surface area (TPSA) is 64.1 Å². The van der Waals surface area contributed by atoms with Crippen LogP contribution in [0.1, 0.15) is 31.2 Å². The smallest absolute Gasteiger partial charge is 0.0645 e. The lowest BCUT2D eigenvalue weighted by molar-refractivity contribution is 0.266. The van der Waals surface area contributed by atoms with E-state index in [-0.39, 0.29) is 18.6 Å². The van der Waals surface area contributed by atoms with Gasteiger partial charge >= 0.3 is 0 Å². The van der Waals surface area contributed by atoms with Gasteiger partial charge in [-0.15, -0.1) is 0 Å². The minimum absolute atomic E-state index is 0.0561. The van der Waals surface area contributed by atoms with Gasteiger partial charge in [-0.1, -0.05) is 25.1 Å². The number of benzene rings is 1. The van der Waals surface area contributed by atoms with Crippen molar-refractivity contribution >= 4 is 0 Å². The second-order valence-corrected chi connectivity index (χ2v) is 4.74. The molecule has 0 bridgehead atoms. The number of hydrogen-bond donors (Lipinski definition) is 2. The van der Waals surface area contributed by atoms with Crippen molar-refractivity contribution in [1.29, 1.82) is 0 Å². The van der Waals surface area contributed by atoms with E-state index in [2.05, 4.69) is 12.0 Å². The Balaban J connectivity index is 2.23. The maximum Gasteiger partial charge on any atom is 0.0645 e. The molecule has 2 unspecified atom stereocenters. The first-order valence-electron chi connectivity index (χ1n) is 6.72. The molecular formula is C15H21N3O. The highest BCUT2D eigenvalue weighted by molar-refractivity contribution is 5.31. The van der Waals surface area contributed by atoms with Crippen molar-refractivity contribution in [3.05, 3.63) is 48.3 Å². The predicted molar refractivity (Wildman–Crippen MR) is 76.3 cm³/mol. The summed E-state index contributed by atoms with van der Waals surface area (Å²) in [4.78, 5) is 0. The molecule has 102 valence electrons. The van der Waals surface area contributed by atoms with Crippen molar-refractivity contribution in [2.75, 3.05) is 6.61 Å². The average molecular weight is 259 g/mol. The molecule has 0 fully saturated rings. The van der Waals surface area contributed by atoms with Gasteiger partial charge in [0.05, 0.1) is 11.9 Å². The molecule has 0 saturated heterocycles. The standard InChI is InChI=1S/C15H21N3O/c1-2-15(16)14(8-9-19)12-10-17-18(11-12)13-6-4-3-5-7-13/h3-7,10-11,14-15,19H,2,8-9,16H2,1H3. The lowest BCUT2D eigenvalue weighted by atomic mass is 9.90. The monoisotopic (exact) mass is 259 g/mol. The third-order valence-electron chi connectivity index (χ3n) is 3.48. The second-order valence-electron chi connectivity index (χ2n) is 4.74. The van der Waals surface area contributed by atoms with Gasteiger partial charge in [-0.3, -0.25) is 0 Å². The summed E-state index contributed by atoms with van der Waals surface area (Å²) in [5.41, 5.74) is 8.25. The first kappa shape index (κ1) is 13.8. The molecule has 0 radical (unpaired) electrons. The van der Waals surface area contributed by atoms with E-state index in [4.69, 9.17) is 5.73 Å². The number of aliphatic hydroxyl groups excluding tert-OH is 1.